The summed E-state index contributed by atoms with van der Waals surface area (Å²) in [5.74, 6) is 1.38. The summed E-state index contributed by atoms with van der Waals surface area (Å²) in [4.78, 5) is 16.0. The SMILES string of the molecule is Cc1c(N)c(NCCN(C)C)nc(OC(C)C)c1Nc1ncc(Cl)c(-c2cn(C)c3ccccc23)n1. The van der Waals surface area contributed by atoms with E-state index in [2.05, 4.69) is 42.2 Å². The van der Waals surface area contributed by atoms with Crippen molar-refractivity contribution in [2.75, 3.05) is 43.6 Å². The third-order valence-corrected chi connectivity index (χ3v) is 6.07. The van der Waals surface area contributed by atoms with Crippen LogP contribution in [-0.2, 0) is 7.05 Å². The third kappa shape index (κ3) is 5.32. The van der Waals surface area contributed by atoms with Gasteiger partial charge in [0.2, 0.25) is 11.8 Å². The summed E-state index contributed by atoms with van der Waals surface area (Å²) < 4.78 is 8.11. The molecular formula is C26H33ClN8O. The molecule has 3 aromatic heterocycles. The van der Waals surface area contributed by atoms with Gasteiger partial charge in [0.25, 0.3) is 0 Å². The zero-order valence-corrected chi connectivity index (χ0v) is 22.3. The molecule has 0 atom stereocenters. The van der Waals surface area contributed by atoms with Crippen LogP contribution >= 0.6 is 11.6 Å². The van der Waals surface area contributed by atoms with Crippen molar-refractivity contribution < 1.29 is 4.74 Å². The van der Waals surface area contributed by atoms with Gasteiger partial charge in [-0.05, 0) is 40.9 Å². The summed E-state index contributed by atoms with van der Waals surface area (Å²) in [6.07, 6.45) is 3.53. The summed E-state index contributed by atoms with van der Waals surface area (Å²) in [5.41, 5.74) is 11.1. The quantitative estimate of drug-likeness (QED) is 0.287. The van der Waals surface area contributed by atoms with Crippen molar-refractivity contribution in [3.8, 4) is 17.1 Å². The first-order valence-electron chi connectivity index (χ1n) is 11.8. The van der Waals surface area contributed by atoms with Crippen LogP contribution < -0.4 is 21.1 Å². The van der Waals surface area contributed by atoms with Gasteiger partial charge >= 0.3 is 0 Å². The minimum Gasteiger partial charge on any atom is -0.473 e. The van der Waals surface area contributed by atoms with Crippen LogP contribution in [0.4, 0.5) is 23.1 Å². The minimum atomic E-state index is -0.0897. The fraction of sp³-hybridized carbons (Fsp3) is 0.346. The van der Waals surface area contributed by atoms with Gasteiger partial charge in [0.15, 0.2) is 5.82 Å². The van der Waals surface area contributed by atoms with Crippen molar-refractivity contribution >= 4 is 45.6 Å². The molecule has 0 unspecified atom stereocenters. The van der Waals surface area contributed by atoms with E-state index >= 15 is 0 Å². The number of aromatic nitrogens is 4. The molecule has 36 heavy (non-hydrogen) atoms. The number of hydrogen-bond acceptors (Lipinski definition) is 8. The molecule has 4 N–H and O–H groups in total. The minimum absolute atomic E-state index is 0.0897. The van der Waals surface area contributed by atoms with Crippen molar-refractivity contribution in [1.29, 1.82) is 0 Å². The van der Waals surface area contributed by atoms with Crippen LogP contribution in [0.25, 0.3) is 22.2 Å². The largest absolute Gasteiger partial charge is 0.473 e. The van der Waals surface area contributed by atoms with E-state index < -0.39 is 0 Å². The summed E-state index contributed by atoms with van der Waals surface area (Å²) in [6.45, 7) is 7.37. The fourth-order valence-corrected chi connectivity index (χ4v) is 4.13. The zero-order valence-electron chi connectivity index (χ0n) is 21.6. The number of fused-ring (bicyclic) bond motifs is 1. The molecule has 0 aliphatic heterocycles. The molecule has 0 aliphatic rings. The molecule has 0 fully saturated rings. The van der Waals surface area contributed by atoms with E-state index in [1.165, 1.54) is 0 Å². The van der Waals surface area contributed by atoms with Gasteiger partial charge in [0.1, 0.15) is 5.69 Å². The molecule has 0 bridgehead atoms. The smallest absolute Gasteiger partial charge is 0.240 e. The molecule has 0 saturated carbocycles. The van der Waals surface area contributed by atoms with Crippen molar-refractivity contribution in [1.82, 2.24) is 24.4 Å². The van der Waals surface area contributed by atoms with Crippen LogP contribution in [0.1, 0.15) is 19.4 Å². The number of halogens is 1. The van der Waals surface area contributed by atoms with Gasteiger partial charge in [-0.3, -0.25) is 0 Å². The highest BCUT2D eigenvalue weighted by molar-refractivity contribution is 6.33. The Morgan fingerprint density at radius 3 is 2.67 bits per heavy atom. The van der Waals surface area contributed by atoms with Crippen LogP contribution in [0.3, 0.4) is 0 Å². The number of nitrogens with two attached hydrogens (primary N) is 1. The van der Waals surface area contributed by atoms with Crippen molar-refractivity contribution in [3.63, 3.8) is 0 Å². The van der Waals surface area contributed by atoms with Crippen molar-refractivity contribution in [2.24, 2.45) is 7.05 Å². The Morgan fingerprint density at radius 2 is 1.94 bits per heavy atom. The predicted molar refractivity (Wildman–Crippen MR) is 148 cm³/mol. The monoisotopic (exact) mass is 508 g/mol. The highest BCUT2D eigenvalue weighted by Gasteiger charge is 2.20. The molecule has 190 valence electrons. The van der Waals surface area contributed by atoms with E-state index in [4.69, 9.17) is 27.1 Å². The molecule has 0 amide bonds. The van der Waals surface area contributed by atoms with Gasteiger partial charge in [0, 0.05) is 48.4 Å². The van der Waals surface area contributed by atoms with Gasteiger partial charge in [-0.25, -0.2) is 9.97 Å². The summed E-state index contributed by atoms with van der Waals surface area (Å²) in [5, 5.41) is 8.12. The fourth-order valence-electron chi connectivity index (χ4n) is 3.94. The Balaban J connectivity index is 1.73. The maximum Gasteiger partial charge on any atom is 0.240 e. The number of anilines is 4. The average Bonchev–Trinajstić information content (AvgIpc) is 3.16. The molecule has 3 heterocycles. The number of nitrogen functional groups attached to an aromatic ring is 1. The number of likely N-dealkylation sites (N-methyl/N-ethyl adjacent to an activating group) is 1. The molecule has 0 saturated heterocycles. The van der Waals surface area contributed by atoms with Gasteiger partial charge in [-0.1, -0.05) is 29.8 Å². The van der Waals surface area contributed by atoms with Crippen molar-refractivity contribution in [2.45, 2.75) is 26.9 Å². The second-order valence-corrected chi connectivity index (χ2v) is 9.67. The molecule has 4 rings (SSSR count). The second kappa shape index (κ2) is 10.6. The first-order valence-corrected chi connectivity index (χ1v) is 12.2. The third-order valence-electron chi connectivity index (χ3n) is 5.79. The molecule has 1 aromatic carbocycles. The molecule has 0 radical (unpaired) electrons. The van der Waals surface area contributed by atoms with Gasteiger partial charge in [-0.15, -0.1) is 0 Å². The maximum absolute atomic E-state index is 6.56. The highest BCUT2D eigenvalue weighted by atomic mass is 35.5. The Bertz CT molecular complexity index is 1380. The molecule has 10 heteroatoms. The Morgan fingerprint density at radius 1 is 1.19 bits per heavy atom. The van der Waals surface area contributed by atoms with E-state index in [0.717, 1.165) is 28.6 Å². The molecular weight excluding hydrogens is 476 g/mol. The second-order valence-electron chi connectivity index (χ2n) is 9.26. The van der Waals surface area contributed by atoms with Gasteiger partial charge in [-0.2, -0.15) is 4.98 Å². The van der Waals surface area contributed by atoms with Crippen molar-refractivity contribution in [3.05, 3.63) is 47.2 Å². The Hall–Kier alpha value is -3.56. The first kappa shape index (κ1) is 25.5. The molecule has 4 aromatic rings. The lowest BCUT2D eigenvalue weighted by atomic mass is 10.1. The maximum atomic E-state index is 6.56. The van der Waals surface area contributed by atoms with E-state index in [9.17, 15) is 0 Å². The van der Waals surface area contributed by atoms with Crippen LogP contribution in [-0.4, -0.2) is 57.7 Å². The standard InChI is InChI=1S/C26H33ClN8O/c1-15(2)36-25-22(16(3)21(28)24(33-25)29-11-12-34(4)5)31-26-30-13-19(27)23(32-26)18-14-35(6)20-10-8-7-9-17(18)20/h7-10,13-15H,11-12,28H2,1-6H3,(H,29,33)(H,30,31,32). The van der Waals surface area contributed by atoms with E-state index in [1.807, 2.05) is 60.2 Å². The number of pyridine rings is 1. The lowest BCUT2D eigenvalue weighted by Crippen LogP contribution is -2.22. The normalized spacial score (nSPS) is 11.5. The number of nitrogens with one attached hydrogen (secondary N) is 2. The lowest BCUT2D eigenvalue weighted by molar-refractivity contribution is 0.234. The molecule has 9 nitrogen and oxygen atoms in total. The number of benzene rings is 1. The van der Waals surface area contributed by atoms with E-state index in [-0.39, 0.29) is 6.10 Å². The summed E-state index contributed by atoms with van der Waals surface area (Å²) in [7, 11) is 6.03. The van der Waals surface area contributed by atoms with Gasteiger partial charge in [0.05, 0.1) is 28.7 Å². The first-order chi connectivity index (χ1) is 17.2. The van der Waals surface area contributed by atoms with Crippen LogP contribution in [0.5, 0.6) is 5.88 Å². The predicted octanol–water partition coefficient (Wildman–Crippen LogP) is 5.08. The highest BCUT2D eigenvalue weighted by Crippen LogP contribution is 2.38. The molecule has 0 spiro atoms. The van der Waals surface area contributed by atoms with Crippen LogP contribution in [0.15, 0.2) is 36.7 Å². The van der Waals surface area contributed by atoms with Crippen LogP contribution in [0.2, 0.25) is 5.02 Å². The lowest BCUT2D eigenvalue weighted by Gasteiger charge is -2.20. The Kier molecular flexibility index (Phi) is 7.51. The number of nitrogens with zero attached hydrogens (tertiary/aromatic N) is 5. The number of para-hydroxylation sites is 1. The van der Waals surface area contributed by atoms with Gasteiger partial charge < -0.3 is 30.6 Å². The topological polar surface area (TPSA) is 106 Å². The zero-order chi connectivity index (χ0) is 26.0. The average molecular weight is 509 g/mol. The van der Waals surface area contributed by atoms with E-state index in [0.29, 0.717) is 46.3 Å². The number of hydrogen-bond donors (Lipinski definition) is 3. The number of ether oxygens (including phenoxy) is 1. The molecule has 0 aliphatic carbocycles. The van der Waals surface area contributed by atoms with E-state index in [1.54, 1.807) is 6.20 Å². The number of aryl methyl sites for hydroxylation is 1. The van der Waals surface area contributed by atoms with Crippen LogP contribution in [0, 0.1) is 6.92 Å². The number of rotatable bonds is 9. The summed E-state index contributed by atoms with van der Waals surface area (Å²) >= 11 is 6.56. The summed E-state index contributed by atoms with van der Waals surface area (Å²) in [6, 6.07) is 8.13. The Labute approximate surface area is 216 Å².